The molecular formula is C22H25FN4. The highest BCUT2D eigenvalue weighted by molar-refractivity contribution is 5.60. The summed E-state index contributed by atoms with van der Waals surface area (Å²) in [5, 5.41) is 8.09. The number of aromatic nitrogens is 2. The van der Waals surface area contributed by atoms with Crippen LogP contribution >= 0.6 is 0 Å². The van der Waals surface area contributed by atoms with Crippen molar-refractivity contribution in [2.45, 2.75) is 25.7 Å². The lowest BCUT2D eigenvalue weighted by atomic mass is 9.90. The maximum absolute atomic E-state index is 14.1. The molecule has 3 aromatic rings. The third-order valence-corrected chi connectivity index (χ3v) is 5.30. The summed E-state index contributed by atoms with van der Waals surface area (Å²) in [5.41, 5.74) is 4.23. The summed E-state index contributed by atoms with van der Waals surface area (Å²) in [6.07, 6.45) is 4.09. The van der Waals surface area contributed by atoms with Crippen LogP contribution in [-0.2, 0) is 7.05 Å². The van der Waals surface area contributed by atoms with Gasteiger partial charge in [0, 0.05) is 37.6 Å². The Morgan fingerprint density at radius 3 is 2.44 bits per heavy atom. The molecule has 1 aliphatic heterocycles. The number of nitrogens with one attached hydrogen (secondary N) is 1. The molecule has 2 aromatic carbocycles. The van der Waals surface area contributed by atoms with Crippen LogP contribution in [0, 0.1) is 12.7 Å². The third-order valence-electron chi connectivity index (χ3n) is 5.30. The number of anilines is 3. The predicted molar refractivity (Wildman–Crippen MR) is 108 cm³/mol. The van der Waals surface area contributed by atoms with Crippen molar-refractivity contribution in [1.29, 1.82) is 0 Å². The Labute approximate surface area is 159 Å². The van der Waals surface area contributed by atoms with Gasteiger partial charge >= 0.3 is 0 Å². The molecule has 0 spiro atoms. The summed E-state index contributed by atoms with van der Waals surface area (Å²) in [6.45, 7) is 3.79. The Bertz CT molecular complexity index is 908. The maximum atomic E-state index is 14.1. The number of aryl methyl sites for hydroxylation is 2. The van der Waals surface area contributed by atoms with E-state index in [0.29, 0.717) is 11.6 Å². The van der Waals surface area contributed by atoms with E-state index in [2.05, 4.69) is 52.7 Å². The summed E-state index contributed by atoms with van der Waals surface area (Å²) in [5.74, 6) is 1.21. The van der Waals surface area contributed by atoms with Crippen molar-refractivity contribution < 1.29 is 4.39 Å². The fourth-order valence-corrected chi connectivity index (χ4v) is 3.82. The van der Waals surface area contributed by atoms with E-state index in [4.69, 9.17) is 0 Å². The standard InChI is InChI=1S/C22H25FN4/c1-16-7-9-18(10-8-16)24-22-19(15-26(2)25-22)17-11-13-27(14-12-17)21-6-4-3-5-20(21)23/h3-10,15,17H,11-14H2,1-2H3,(H,24,25). The van der Waals surface area contributed by atoms with Gasteiger partial charge in [-0.2, -0.15) is 5.10 Å². The molecule has 1 N–H and O–H groups in total. The molecule has 0 saturated carbocycles. The van der Waals surface area contributed by atoms with Crippen LogP contribution in [0.4, 0.5) is 21.6 Å². The van der Waals surface area contributed by atoms with Gasteiger partial charge in [-0.05, 0) is 49.9 Å². The minimum Gasteiger partial charge on any atom is -0.369 e. The Kier molecular flexibility index (Phi) is 4.84. The van der Waals surface area contributed by atoms with Gasteiger partial charge in [0.25, 0.3) is 0 Å². The second-order valence-corrected chi connectivity index (χ2v) is 7.31. The Balaban J connectivity index is 1.48. The van der Waals surface area contributed by atoms with Gasteiger partial charge in [-0.15, -0.1) is 0 Å². The molecule has 1 aromatic heterocycles. The average Bonchev–Trinajstić information content (AvgIpc) is 3.04. The van der Waals surface area contributed by atoms with Crippen molar-refractivity contribution in [1.82, 2.24) is 9.78 Å². The molecule has 0 amide bonds. The van der Waals surface area contributed by atoms with Crippen molar-refractivity contribution in [3.63, 3.8) is 0 Å². The van der Waals surface area contributed by atoms with E-state index in [-0.39, 0.29) is 5.82 Å². The Morgan fingerprint density at radius 1 is 1.04 bits per heavy atom. The topological polar surface area (TPSA) is 33.1 Å². The first kappa shape index (κ1) is 17.6. The molecule has 5 heteroatoms. The van der Waals surface area contributed by atoms with Gasteiger partial charge in [-0.25, -0.2) is 4.39 Å². The Hall–Kier alpha value is -2.82. The smallest absolute Gasteiger partial charge is 0.155 e. The molecular weight excluding hydrogens is 339 g/mol. The number of halogens is 1. The molecule has 0 atom stereocenters. The van der Waals surface area contributed by atoms with E-state index in [1.54, 1.807) is 6.07 Å². The highest BCUT2D eigenvalue weighted by atomic mass is 19.1. The van der Waals surface area contributed by atoms with Crippen molar-refractivity contribution in [3.05, 3.63) is 71.7 Å². The van der Waals surface area contributed by atoms with Gasteiger partial charge in [0.2, 0.25) is 0 Å². The van der Waals surface area contributed by atoms with E-state index in [0.717, 1.165) is 37.4 Å². The maximum Gasteiger partial charge on any atom is 0.155 e. The number of para-hydroxylation sites is 1. The van der Waals surface area contributed by atoms with E-state index >= 15 is 0 Å². The van der Waals surface area contributed by atoms with Gasteiger partial charge in [0.1, 0.15) is 5.82 Å². The zero-order valence-corrected chi connectivity index (χ0v) is 15.8. The van der Waals surface area contributed by atoms with Crippen LogP contribution in [0.1, 0.15) is 29.9 Å². The second kappa shape index (κ2) is 7.43. The van der Waals surface area contributed by atoms with Gasteiger partial charge in [0.05, 0.1) is 5.69 Å². The number of piperidine rings is 1. The van der Waals surface area contributed by atoms with Gasteiger partial charge in [0.15, 0.2) is 5.82 Å². The third kappa shape index (κ3) is 3.82. The van der Waals surface area contributed by atoms with Crippen molar-refractivity contribution in [2.75, 3.05) is 23.3 Å². The average molecular weight is 364 g/mol. The minimum absolute atomic E-state index is 0.140. The van der Waals surface area contributed by atoms with Crippen LogP contribution < -0.4 is 10.2 Å². The van der Waals surface area contributed by atoms with E-state index in [9.17, 15) is 4.39 Å². The lowest BCUT2D eigenvalue weighted by molar-refractivity contribution is 0.498. The zero-order valence-electron chi connectivity index (χ0n) is 15.8. The predicted octanol–water partition coefficient (Wildman–Crippen LogP) is 5.00. The zero-order chi connectivity index (χ0) is 18.8. The number of nitrogens with zero attached hydrogens (tertiary/aromatic N) is 3. The fraction of sp³-hybridized carbons (Fsp3) is 0.318. The number of benzene rings is 2. The first-order chi connectivity index (χ1) is 13.1. The van der Waals surface area contributed by atoms with Gasteiger partial charge < -0.3 is 10.2 Å². The lowest BCUT2D eigenvalue weighted by Gasteiger charge is -2.33. The van der Waals surface area contributed by atoms with E-state index in [1.165, 1.54) is 17.2 Å². The van der Waals surface area contributed by atoms with Crippen LogP contribution in [0.2, 0.25) is 0 Å². The van der Waals surface area contributed by atoms with Crippen LogP contribution in [0.25, 0.3) is 0 Å². The molecule has 0 radical (unpaired) electrons. The highest BCUT2D eigenvalue weighted by Gasteiger charge is 2.25. The number of hydrogen-bond donors (Lipinski definition) is 1. The van der Waals surface area contributed by atoms with E-state index < -0.39 is 0 Å². The van der Waals surface area contributed by atoms with Gasteiger partial charge in [-0.3, -0.25) is 4.68 Å². The molecule has 4 rings (SSSR count). The normalized spacial score (nSPS) is 15.1. The largest absolute Gasteiger partial charge is 0.369 e. The van der Waals surface area contributed by atoms with Crippen molar-refractivity contribution in [3.8, 4) is 0 Å². The Morgan fingerprint density at radius 2 is 1.74 bits per heavy atom. The van der Waals surface area contributed by atoms with Crippen LogP contribution in [-0.4, -0.2) is 22.9 Å². The molecule has 0 bridgehead atoms. The molecule has 27 heavy (non-hydrogen) atoms. The van der Waals surface area contributed by atoms with Crippen molar-refractivity contribution in [2.24, 2.45) is 7.05 Å². The number of rotatable bonds is 4. The molecule has 1 fully saturated rings. The number of hydrogen-bond acceptors (Lipinski definition) is 3. The summed E-state index contributed by atoms with van der Waals surface area (Å²) < 4.78 is 15.9. The molecule has 1 aliphatic rings. The minimum atomic E-state index is -0.140. The second-order valence-electron chi connectivity index (χ2n) is 7.31. The molecule has 140 valence electrons. The summed E-state index contributed by atoms with van der Waals surface area (Å²) in [6, 6.07) is 15.4. The fourth-order valence-electron chi connectivity index (χ4n) is 3.82. The SMILES string of the molecule is Cc1ccc(Nc2nn(C)cc2C2CCN(c3ccccc3F)CC2)cc1. The van der Waals surface area contributed by atoms with Crippen LogP contribution in [0.3, 0.4) is 0 Å². The monoisotopic (exact) mass is 364 g/mol. The molecule has 4 nitrogen and oxygen atoms in total. The van der Waals surface area contributed by atoms with Crippen LogP contribution in [0.15, 0.2) is 54.7 Å². The molecule has 1 saturated heterocycles. The first-order valence-corrected chi connectivity index (χ1v) is 9.47. The summed E-state index contributed by atoms with van der Waals surface area (Å²) in [7, 11) is 1.96. The molecule has 2 heterocycles. The molecule has 0 aliphatic carbocycles. The highest BCUT2D eigenvalue weighted by Crippen LogP contribution is 2.35. The lowest BCUT2D eigenvalue weighted by Crippen LogP contribution is -2.33. The quantitative estimate of drug-likeness (QED) is 0.707. The van der Waals surface area contributed by atoms with Crippen molar-refractivity contribution >= 4 is 17.2 Å². The molecule has 0 unspecified atom stereocenters. The van der Waals surface area contributed by atoms with E-state index in [1.807, 2.05) is 23.9 Å². The summed E-state index contributed by atoms with van der Waals surface area (Å²) in [4.78, 5) is 2.15. The summed E-state index contributed by atoms with van der Waals surface area (Å²) >= 11 is 0. The first-order valence-electron chi connectivity index (χ1n) is 9.47. The van der Waals surface area contributed by atoms with Crippen LogP contribution in [0.5, 0.6) is 0 Å². The van der Waals surface area contributed by atoms with Gasteiger partial charge in [-0.1, -0.05) is 29.8 Å².